The van der Waals surface area contributed by atoms with Gasteiger partial charge in [0.2, 0.25) is 5.89 Å². The molecule has 0 aliphatic carbocycles. The maximum Gasteiger partial charge on any atom is 0.258 e. The maximum atomic E-state index is 12.2. The summed E-state index contributed by atoms with van der Waals surface area (Å²) in [7, 11) is 1.61. The highest BCUT2D eigenvalue weighted by atomic mass is 32.1. The molecule has 0 saturated carbocycles. The van der Waals surface area contributed by atoms with Crippen LogP contribution in [-0.2, 0) is 0 Å². The molecule has 2 N–H and O–H groups in total. The van der Waals surface area contributed by atoms with Crippen LogP contribution in [0.3, 0.4) is 0 Å². The fraction of sp³-hybridized carbons (Fsp3) is 0.0476. The van der Waals surface area contributed by atoms with Gasteiger partial charge in [0.15, 0.2) is 10.7 Å². The van der Waals surface area contributed by atoms with Crippen molar-refractivity contribution in [3.8, 4) is 17.2 Å². The number of nitrogens with zero attached hydrogens (tertiary/aromatic N) is 2. The number of oxazole rings is 1. The van der Waals surface area contributed by atoms with Crippen molar-refractivity contribution in [2.24, 2.45) is 0 Å². The maximum absolute atomic E-state index is 12.2. The zero-order valence-corrected chi connectivity index (χ0v) is 16.2. The topological polar surface area (TPSA) is 89.3 Å². The van der Waals surface area contributed by atoms with Crippen LogP contribution in [0.2, 0.25) is 0 Å². The number of pyridine rings is 1. The number of carbonyl (C=O) groups excluding carboxylic acids is 1. The van der Waals surface area contributed by atoms with E-state index in [-0.39, 0.29) is 11.0 Å². The van der Waals surface area contributed by atoms with Crippen LogP contribution < -0.4 is 15.4 Å². The average Bonchev–Trinajstić information content (AvgIpc) is 3.18. The second kappa shape index (κ2) is 8.07. The fourth-order valence-corrected chi connectivity index (χ4v) is 2.93. The summed E-state index contributed by atoms with van der Waals surface area (Å²) in [5.41, 5.74) is 3.22. The molecule has 8 heteroatoms. The molecule has 0 radical (unpaired) electrons. The molecule has 0 bridgehead atoms. The molecule has 0 atom stereocenters. The van der Waals surface area contributed by atoms with E-state index < -0.39 is 0 Å². The minimum Gasteiger partial charge on any atom is -0.497 e. The van der Waals surface area contributed by atoms with Gasteiger partial charge in [0.25, 0.3) is 5.91 Å². The molecule has 29 heavy (non-hydrogen) atoms. The third kappa shape index (κ3) is 4.22. The normalized spacial score (nSPS) is 10.5. The number of nitrogens with one attached hydrogen (secondary N) is 2. The smallest absolute Gasteiger partial charge is 0.258 e. The molecule has 7 nitrogen and oxygen atoms in total. The predicted molar refractivity (Wildman–Crippen MR) is 114 cm³/mol. The van der Waals surface area contributed by atoms with Crippen molar-refractivity contribution in [1.82, 2.24) is 15.3 Å². The first kappa shape index (κ1) is 18.6. The molecular weight excluding hydrogens is 388 g/mol. The lowest BCUT2D eigenvalue weighted by atomic mass is 10.2. The predicted octanol–water partition coefficient (Wildman–Crippen LogP) is 4.03. The Balaban J connectivity index is 1.50. The summed E-state index contributed by atoms with van der Waals surface area (Å²) in [6.07, 6.45) is 3.07. The highest BCUT2D eigenvalue weighted by Gasteiger charge is 2.11. The average molecular weight is 404 g/mol. The molecule has 0 fully saturated rings. The van der Waals surface area contributed by atoms with Crippen LogP contribution in [0.4, 0.5) is 5.69 Å². The van der Waals surface area contributed by atoms with Crippen molar-refractivity contribution in [3.63, 3.8) is 0 Å². The summed E-state index contributed by atoms with van der Waals surface area (Å²) >= 11 is 5.22. The van der Waals surface area contributed by atoms with Crippen LogP contribution in [0.5, 0.6) is 5.75 Å². The number of methoxy groups -OCH3 is 1. The second-order valence-corrected chi connectivity index (χ2v) is 6.49. The Morgan fingerprint density at radius 1 is 1.14 bits per heavy atom. The third-order valence-electron chi connectivity index (χ3n) is 4.11. The van der Waals surface area contributed by atoms with Crippen molar-refractivity contribution in [2.45, 2.75) is 0 Å². The van der Waals surface area contributed by atoms with Gasteiger partial charge in [0.05, 0.1) is 12.7 Å². The Bertz CT molecular complexity index is 1190. The number of amides is 1. The molecule has 2 aromatic heterocycles. The quantitative estimate of drug-likeness (QED) is 0.497. The van der Waals surface area contributed by atoms with Crippen molar-refractivity contribution >= 4 is 40.0 Å². The number of fused-ring (bicyclic) bond motifs is 1. The first-order valence-corrected chi connectivity index (χ1v) is 9.10. The first-order valence-electron chi connectivity index (χ1n) is 8.70. The van der Waals surface area contributed by atoms with Crippen molar-refractivity contribution in [1.29, 1.82) is 0 Å². The van der Waals surface area contributed by atoms with Gasteiger partial charge in [-0.15, -0.1) is 0 Å². The van der Waals surface area contributed by atoms with Crippen LogP contribution in [0.15, 0.2) is 71.4 Å². The molecule has 144 valence electrons. The number of aromatic nitrogens is 2. The van der Waals surface area contributed by atoms with E-state index in [1.54, 1.807) is 43.6 Å². The lowest BCUT2D eigenvalue weighted by molar-refractivity contribution is 0.0977. The third-order valence-corrected chi connectivity index (χ3v) is 4.32. The monoisotopic (exact) mass is 404 g/mol. The molecule has 0 aliphatic rings. The summed E-state index contributed by atoms with van der Waals surface area (Å²) in [6, 6.07) is 16.2. The van der Waals surface area contributed by atoms with E-state index in [9.17, 15) is 4.79 Å². The number of rotatable bonds is 4. The van der Waals surface area contributed by atoms with Crippen LogP contribution in [-0.4, -0.2) is 28.1 Å². The molecule has 0 unspecified atom stereocenters. The zero-order valence-electron chi connectivity index (χ0n) is 15.4. The number of thiocarbonyl (C=S) groups is 1. The van der Waals surface area contributed by atoms with Crippen LogP contribution in [0.1, 0.15) is 10.4 Å². The van der Waals surface area contributed by atoms with Crippen LogP contribution in [0.25, 0.3) is 22.6 Å². The van der Waals surface area contributed by atoms with E-state index in [2.05, 4.69) is 20.6 Å². The number of carbonyl (C=O) groups is 1. The van der Waals surface area contributed by atoms with E-state index in [0.29, 0.717) is 28.2 Å². The summed E-state index contributed by atoms with van der Waals surface area (Å²) in [5, 5.41) is 5.78. The standard InChI is InChI=1S/C21H16N4O3S/c1-27-16-6-2-4-13(10-16)20-24-17-11-15(7-8-18(17)28-20)23-21(29)25-19(26)14-5-3-9-22-12-14/h2-12H,1H3,(H2,23,25,26,29). The van der Waals surface area contributed by atoms with Crippen LogP contribution >= 0.6 is 12.2 Å². The van der Waals surface area contributed by atoms with Gasteiger partial charge in [-0.25, -0.2) is 4.98 Å². The van der Waals surface area contributed by atoms with Gasteiger partial charge in [-0.05, 0) is 60.7 Å². The number of benzene rings is 2. The molecule has 4 aromatic rings. The van der Waals surface area contributed by atoms with E-state index in [1.165, 1.54) is 6.20 Å². The molecule has 2 heterocycles. The number of ether oxygens (including phenoxy) is 1. The fourth-order valence-electron chi connectivity index (χ4n) is 2.72. The molecule has 1 amide bonds. The van der Waals surface area contributed by atoms with E-state index in [1.807, 2.05) is 24.3 Å². The SMILES string of the molecule is COc1cccc(-c2nc3cc(NC(=S)NC(=O)c4cccnc4)ccc3o2)c1. The zero-order chi connectivity index (χ0) is 20.2. The van der Waals surface area contributed by atoms with Gasteiger partial charge in [-0.1, -0.05) is 6.07 Å². The highest BCUT2D eigenvalue weighted by molar-refractivity contribution is 7.80. The first-order chi connectivity index (χ1) is 14.1. The molecule has 4 rings (SSSR count). The Hall–Kier alpha value is -3.78. The molecule has 0 saturated heterocycles. The van der Waals surface area contributed by atoms with E-state index in [0.717, 1.165) is 11.3 Å². The highest BCUT2D eigenvalue weighted by Crippen LogP contribution is 2.28. The lowest BCUT2D eigenvalue weighted by Crippen LogP contribution is -2.34. The Labute approximate surface area is 171 Å². The number of hydrogen-bond donors (Lipinski definition) is 2. The number of hydrogen-bond acceptors (Lipinski definition) is 6. The summed E-state index contributed by atoms with van der Waals surface area (Å²) in [5.74, 6) is 0.878. The van der Waals surface area contributed by atoms with Gasteiger partial charge >= 0.3 is 0 Å². The van der Waals surface area contributed by atoms with Gasteiger partial charge in [0, 0.05) is 23.6 Å². The van der Waals surface area contributed by atoms with E-state index in [4.69, 9.17) is 21.4 Å². The van der Waals surface area contributed by atoms with Crippen molar-refractivity contribution in [2.75, 3.05) is 12.4 Å². The Morgan fingerprint density at radius 2 is 2.03 bits per heavy atom. The minimum atomic E-state index is -0.335. The van der Waals surface area contributed by atoms with Gasteiger partial charge in [0.1, 0.15) is 11.3 Å². The van der Waals surface area contributed by atoms with Crippen molar-refractivity contribution < 1.29 is 13.9 Å². The second-order valence-electron chi connectivity index (χ2n) is 6.08. The largest absolute Gasteiger partial charge is 0.497 e. The van der Waals surface area contributed by atoms with Gasteiger partial charge in [-0.2, -0.15) is 0 Å². The summed E-state index contributed by atoms with van der Waals surface area (Å²) in [4.78, 5) is 20.6. The Morgan fingerprint density at radius 3 is 2.83 bits per heavy atom. The number of anilines is 1. The molecule has 2 aromatic carbocycles. The van der Waals surface area contributed by atoms with Gasteiger partial charge in [-0.3, -0.25) is 15.1 Å². The molecular formula is C21H16N4O3S. The lowest BCUT2D eigenvalue weighted by Gasteiger charge is -2.09. The van der Waals surface area contributed by atoms with Crippen molar-refractivity contribution in [3.05, 3.63) is 72.6 Å². The Kier molecular flexibility index (Phi) is 5.17. The summed E-state index contributed by atoms with van der Waals surface area (Å²) in [6.45, 7) is 0. The summed E-state index contributed by atoms with van der Waals surface area (Å²) < 4.78 is 11.1. The molecule has 0 aliphatic heterocycles. The molecule has 0 spiro atoms. The van der Waals surface area contributed by atoms with Gasteiger partial charge < -0.3 is 14.5 Å². The van der Waals surface area contributed by atoms with Crippen LogP contribution in [0, 0.1) is 0 Å². The van der Waals surface area contributed by atoms with E-state index >= 15 is 0 Å². The minimum absolute atomic E-state index is 0.176.